The van der Waals surface area contributed by atoms with Crippen molar-refractivity contribution in [1.29, 1.82) is 0 Å². The molecule has 1 fully saturated rings. The van der Waals surface area contributed by atoms with Crippen LogP contribution >= 0.6 is 0 Å². The zero-order valence-corrected chi connectivity index (χ0v) is 11.3. The van der Waals surface area contributed by atoms with Crippen molar-refractivity contribution in [3.05, 3.63) is 35.9 Å². The van der Waals surface area contributed by atoms with Crippen molar-refractivity contribution in [2.45, 2.75) is 30.5 Å². The van der Waals surface area contributed by atoms with Crippen LogP contribution in [0.15, 0.2) is 30.3 Å². The van der Waals surface area contributed by atoms with Crippen LogP contribution in [0.25, 0.3) is 0 Å². The molecular weight excluding hydrogens is 268 g/mol. The van der Waals surface area contributed by atoms with Crippen molar-refractivity contribution in [2.24, 2.45) is 0 Å². The Balaban J connectivity index is 1.95. The molecule has 1 aliphatic rings. The minimum atomic E-state index is -3.29. The van der Waals surface area contributed by atoms with Gasteiger partial charge in [0.15, 0.2) is 9.84 Å². The first kappa shape index (κ1) is 14.5. The lowest BCUT2D eigenvalue weighted by molar-refractivity contribution is -0.0163. The molecule has 0 unspecified atom stereocenters. The minimum absolute atomic E-state index is 0.0341. The van der Waals surface area contributed by atoms with Crippen molar-refractivity contribution in [2.75, 3.05) is 12.4 Å². The molecule has 0 radical (unpaired) electrons. The Labute approximate surface area is 112 Å². The number of ether oxygens (including phenoxy) is 1. The van der Waals surface area contributed by atoms with Crippen LogP contribution in [0.4, 0.5) is 0 Å². The van der Waals surface area contributed by atoms with Crippen LogP contribution in [0.2, 0.25) is 0 Å². The van der Waals surface area contributed by atoms with E-state index < -0.39 is 28.1 Å². The average Bonchev–Trinajstić information content (AvgIpc) is 2.69. The van der Waals surface area contributed by atoms with Gasteiger partial charge in [0.25, 0.3) is 0 Å². The van der Waals surface area contributed by atoms with Crippen molar-refractivity contribution in [3.8, 4) is 0 Å². The standard InChI is InChI=1S/C13H18O5S/c14-7-13-12(15)6-11(18-13)9-19(16,17)8-10-4-2-1-3-5-10/h1-5,11-15H,6-9H2/t11-,12-,13+/m0/s1. The van der Waals surface area contributed by atoms with E-state index in [4.69, 9.17) is 9.84 Å². The van der Waals surface area contributed by atoms with Gasteiger partial charge in [-0.2, -0.15) is 0 Å². The zero-order chi connectivity index (χ0) is 13.9. The summed E-state index contributed by atoms with van der Waals surface area (Å²) in [5, 5.41) is 18.5. The molecule has 3 atom stereocenters. The predicted octanol–water partition coefficient (Wildman–Crippen LogP) is 0.112. The fraction of sp³-hybridized carbons (Fsp3) is 0.538. The number of aliphatic hydroxyl groups excluding tert-OH is 2. The van der Waals surface area contributed by atoms with Crippen LogP contribution in [0, 0.1) is 0 Å². The first-order valence-electron chi connectivity index (χ1n) is 6.19. The maximum atomic E-state index is 12.0. The molecule has 19 heavy (non-hydrogen) atoms. The summed E-state index contributed by atoms with van der Waals surface area (Å²) < 4.78 is 29.4. The van der Waals surface area contributed by atoms with Gasteiger partial charge >= 0.3 is 0 Å². The Hall–Kier alpha value is -0.950. The fourth-order valence-corrected chi connectivity index (χ4v) is 3.86. The van der Waals surface area contributed by atoms with Gasteiger partial charge in [-0.15, -0.1) is 0 Å². The number of benzene rings is 1. The molecule has 1 aromatic carbocycles. The van der Waals surface area contributed by atoms with Gasteiger partial charge in [-0.3, -0.25) is 0 Å². The van der Waals surface area contributed by atoms with Crippen LogP contribution in [0.3, 0.4) is 0 Å². The molecule has 2 N–H and O–H groups in total. The van der Waals surface area contributed by atoms with E-state index in [-0.39, 0.29) is 24.5 Å². The van der Waals surface area contributed by atoms with Gasteiger partial charge < -0.3 is 14.9 Å². The zero-order valence-electron chi connectivity index (χ0n) is 10.5. The molecule has 0 bridgehead atoms. The monoisotopic (exact) mass is 286 g/mol. The third kappa shape index (κ3) is 4.01. The summed E-state index contributed by atoms with van der Waals surface area (Å²) in [6, 6.07) is 8.94. The maximum absolute atomic E-state index is 12.0. The third-order valence-electron chi connectivity index (χ3n) is 3.15. The summed E-state index contributed by atoms with van der Waals surface area (Å²) in [5.74, 6) is -0.164. The first-order chi connectivity index (χ1) is 9.00. The molecule has 1 heterocycles. The Morgan fingerprint density at radius 2 is 1.95 bits per heavy atom. The molecule has 6 heteroatoms. The van der Waals surface area contributed by atoms with Gasteiger partial charge in [-0.25, -0.2) is 8.42 Å². The van der Waals surface area contributed by atoms with Gasteiger partial charge in [-0.1, -0.05) is 30.3 Å². The summed E-state index contributed by atoms with van der Waals surface area (Å²) in [5.41, 5.74) is 0.736. The highest BCUT2D eigenvalue weighted by molar-refractivity contribution is 7.90. The van der Waals surface area contributed by atoms with Crippen LogP contribution in [-0.4, -0.2) is 49.3 Å². The van der Waals surface area contributed by atoms with E-state index in [0.29, 0.717) is 0 Å². The number of rotatable bonds is 5. The summed E-state index contributed by atoms with van der Waals surface area (Å²) in [4.78, 5) is 0. The smallest absolute Gasteiger partial charge is 0.156 e. The Bertz CT molecular complexity index is 499. The number of hydrogen-bond acceptors (Lipinski definition) is 5. The highest BCUT2D eigenvalue weighted by Gasteiger charge is 2.35. The first-order valence-corrected chi connectivity index (χ1v) is 8.01. The molecule has 1 aromatic rings. The SMILES string of the molecule is O=S(=O)(Cc1ccccc1)C[C@@H]1C[C@H](O)[C@@H](CO)O1. The number of aliphatic hydroxyl groups is 2. The van der Waals surface area contributed by atoms with Crippen molar-refractivity contribution < 1.29 is 23.4 Å². The molecular formula is C13H18O5S. The highest BCUT2D eigenvalue weighted by Crippen LogP contribution is 2.22. The summed E-state index contributed by atoms with van der Waals surface area (Å²) in [7, 11) is -3.29. The second-order valence-electron chi connectivity index (χ2n) is 4.82. The molecule has 0 saturated carbocycles. The van der Waals surface area contributed by atoms with Crippen LogP contribution in [-0.2, 0) is 20.3 Å². The Morgan fingerprint density at radius 1 is 1.26 bits per heavy atom. The van der Waals surface area contributed by atoms with E-state index in [0.717, 1.165) is 5.56 Å². The van der Waals surface area contributed by atoms with Crippen molar-refractivity contribution in [3.63, 3.8) is 0 Å². The fourth-order valence-electron chi connectivity index (χ4n) is 2.26. The molecule has 2 rings (SSSR count). The van der Waals surface area contributed by atoms with Gasteiger partial charge in [0.1, 0.15) is 6.10 Å². The molecule has 0 aliphatic carbocycles. The third-order valence-corrected chi connectivity index (χ3v) is 4.80. The lowest BCUT2D eigenvalue weighted by atomic mass is 10.1. The number of sulfone groups is 1. The summed E-state index contributed by atoms with van der Waals surface area (Å²) in [6.07, 6.45) is -1.75. The van der Waals surface area contributed by atoms with E-state index in [1.807, 2.05) is 6.07 Å². The molecule has 5 nitrogen and oxygen atoms in total. The topological polar surface area (TPSA) is 83.8 Å². The van der Waals surface area contributed by atoms with Gasteiger partial charge in [0, 0.05) is 6.42 Å². The van der Waals surface area contributed by atoms with Crippen LogP contribution in [0.1, 0.15) is 12.0 Å². The number of hydrogen-bond donors (Lipinski definition) is 2. The summed E-state index contributed by atoms with van der Waals surface area (Å²) >= 11 is 0. The molecule has 0 amide bonds. The van der Waals surface area contributed by atoms with Crippen LogP contribution < -0.4 is 0 Å². The molecule has 0 aromatic heterocycles. The lowest BCUT2D eigenvalue weighted by Crippen LogP contribution is -2.25. The summed E-state index contributed by atoms with van der Waals surface area (Å²) in [6.45, 7) is -0.295. The normalized spacial score (nSPS) is 27.6. The van der Waals surface area contributed by atoms with E-state index in [2.05, 4.69) is 0 Å². The van der Waals surface area contributed by atoms with E-state index in [1.54, 1.807) is 24.3 Å². The van der Waals surface area contributed by atoms with E-state index in [1.165, 1.54) is 0 Å². The highest BCUT2D eigenvalue weighted by atomic mass is 32.2. The van der Waals surface area contributed by atoms with Crippen LogP contribution in [0.5, 0.6) is 0 Å². The van der Waals surface area contributed by atoms with Crippen molar-refractivity contribution in [1.82, 2.24) is 0 Å². The second-order valence-corrected chi connectivity index (χ2v) is 6.93. The lowest BCUT2D eigenvalue weighted by Gasteiger charge is -2.12. The van der Waals surface area contributed by atoms with Gasteiger partial charge in [-0.05, 0) is 5.56 Å². The van der Waals surface area contributed by atoms with Crippen molar-refractivity contribution >= 4 is 9.84 Å². The van der Waals surface area contributed by atoms with E-state index in [9.17, 15) is 13.5 Å². The Morgan fingerprint density at radius 3 is 2.53 bits per heavy atom. The average molecular weight is 286 g/mol. The molecule has 0 spiro atoms. The molecule has 1 saturated heterocycles. The minimum Gasteiger partial charge on any atom is -0.394 e. The molecule has 1 aliphatic heterocycles. The van der Waals surface area contributed by atoms with Gasteiger partial charge in [0.05, 0.1) is 30.3 Å². The molecule has 106 valence electrons. The Kier molecular flexibility index (Phi) is 4.57. The predicted molar refractivity (Wildman–Crippen MR) is 70.3 cm³/mol. The second kappa shape index (κ2) is 6.00. The largest absolute Gasteiger partial charge is 0.394 e. The van der Waals surface area contributed by atoms with E-state index >= 15 is 0 Å². The van der Waals surface area contributed by atoms with Gasteiger partial charge in [0.2, 0.25) is 0 Å². The maximum Gasteiger partial charge on any atom is 0.156 e. The quantitative estimate of drug-likeness (QED) is 0.803.